The lowest BCUT2D eigenvalue weighted by atomic mass is 10.2. The Morgan fingerprint density at radius 3 is 2.39 bits per heavy atom. The van der Waals surface area contributed by atoms with Crippen LogP contribution in [-0.4, -0.2) is 19.9 Å². The summed E-state index contributed by atoms with van der Waals surface area (Å²) in [5.41, 5.74) is 0.363. The first-order valence-corrected chi connectivity index (χ1v) is 8.85. The molecule has 0 bridgehead atoms. The quantitative estimate of drug-likeness (QED) is 0.481. The molecule has 0 aliphatic carbocycles. The number of hydrogen-bond donors (Lipinski definition) is 1. The van der Waals surface area contributed by atoms with Crippen molar-refractivity contribution in [2.75, 3.05) is 11.9 Å². The minimum atomic E-state index is -4.04. The number of nitrogens with zero attached hydrogens (tertiary/aromatic N) is 1. The summed E-state index contributed by atoms with van der Waals surface area (Å²) in [7, 11) is 1.17. The lowest BCUT2D eigenvalue weighted by Crippen LogP contribution is -2.00. The van der Waals surface area contributed by atoms with E-state index in [0.717, 1.165) is 6.07 Å². The lowest BCUT2D eigenvalue weighted by Gasteiger charge is -2.09. The zero-order chi connectivity index (χ0) is 17.0. The van der Waals surface area contributed by atoms with Crippen LogP contribution in [0.5, 0.6) is 5.75 Å². The number of nitro benzene ring substituents is 1. The van der Waals surface area contributed by atoms with Gasteiger partial charge in [-0.2, -0.15) is 0 Å². The van der Waals surface area contributed by atoms with Gasteiger partial charge < -0.3 is 10.1 Å². The van der Waals surface area contributed by atoms with E-state index in [-0.39, 0.29) is 16.3 Å². The van der Waals surface area contributed by atoms with Gasteiger partial charge >= 0.3 is 0 Å². The fourth-order valence-electron chi connectivity index (χ4n) is 1.88. The first-order valence-electron chi connectivity index (χ1n) is 6.54. The summed E-state index contributed by atoms with van der Waals surface area (Å²) in [5.74, 6) is 0.677. The third-order valence-corrected chi connectivity index (χ3v) is 4.24. The van der Waals surface area contributed by atoms with Gasteiger partial charge in [0.1, 0.15) is 11.4 Å². The van der Waals surface area contributed by atoms with Gasteiger partial charge in [0.15, 0.2) is 0 Å². The Labute approximate surface area is 137 Å². The van der Waals surface area contributed by atoms with Gasteiger partial charge in [-0.05, 0) is 43.3 Å². The molecule has 0 aliphatic heterocycles. The topological polar surface area (TPSA) is 98.5 Å². The van der Waals surface area contributed by atoms with Crippen LogP contribution in [-0.2, 0) is 9.05 Å². The van der Waals surface area contributed by atoms with Gasteiger partial charge in [-0.25, -0.2) is 8.42 Å². The summed E-state index contributed by atoms with van der Waals surface area (Å²) < 4.78 is 27.9. The van der Waals surface area contributed by atoms with E-state index < -0.39 is 14.0 Å². The molecule has 0 fully saturated rings. The van der Waals surface area contributed by atoms with Gasteiger partial charge in [0.25, 0.3) is 14.7 Å². The van der Waals surface area contributed by atoms with Gasteiger partial charge in [-0.3, -0.25) is 10.1 Å². The third kappa shape index (κ3) is 4.33. The maximum Gasteiger partial charge on any atom is 0.294 e. The minimum absolute atomic E-state index is 0.156. The molecule has 0 saturated carbocycles. The number of halogens is 1. The van der Waals surface area contributed by atoms with E-state index in [1.54, 1.807) is 24.3 Å². The van der Waals surface area contributed by atoms with E-state index in [4.69, 9.17) is 15.4 Å². The minimum Gasteiger partial charge on any atom is -0.494 e. The van der Waals surface area contributed by atoms with Crippen LogP contribution < -0.4 is 10.1 Å². The van der Waals surface area contributed by atoms with E-state index >= 15 is 0 Å². The summed E-state index contributed by atoms with van der Waals surface area (Å²) >= 11 is 0. The van der Waals surface area contributed by atoms with Gasteiger partial charge in [0, 0.05) is 22.4 Å². The fraction of sp³-hybridized carbons (Fsp3) is 0.143. The van der Waals surface area contributed by atoms with Crippen molar-refractivity contribution in [2.45, 2.75) is 11.8 Å². The zero-order valence-electron chi connectivity index (χ0n) is 12.0. The second kappa shape index (κ2) is 6.84. The molecule has 0 radical (unpaired) electrons. The summed E-state index contributed by atoms with van der Waals surface area (Å²) in [6, 6.07) is 10.2. The van der Waals surface area contributed by atoms with Gasteiger partial charge in [0.05, 0.1) is 16.4 Å². The van der Waals surface area contributed by atoms with Crippen LogP contribution in [0.3, 0.4) is 0 Å². The van der Waals surface area contributed by atoms with Crippen LogP contribution in [0.2, 0.25) is 0 Å². The van der Waals surface area contributed by atoms with Crippen molar-refractivity contribution in [3.63, 3.8) is 0 Å². The molecule has 0 saturated heterocycles. The summed E-state index contributed by atoms with van der Waals surface area (Å²) in [6.45, 7) is 2.40. The Morgan fingerprint density at radius 2 is 1.87 bits per heavy atom. The average molecular weight is 357 g/mol. The number of ether oxygens (including phenoxy) is 1. The monoisotopic (exact) mass is 356 g/mol. The van der Waals surface area contributed by atoms with Crippen molar-refractivity contribution >= 4 is 36.8 Å². The Bertz CT molecular complexity index is 822. The molecule has 7 nitrogen and oxygen atoms in total. The molecule has 23 heavy (non-hydrogen) atoms. The Morgan fingerprint density at radius 1 is 1.22 bits per heavy atom. The lowest BCUT2D eigenvalue weighted by molar-refractivity contribution is -0.384. The predicted octanol–water partition coefficient (Wildman–Crippen LogP) is 3.66. The van der Waals surface area contributed by atoms with Crippen LogP contribution in [0.4, 0.5) is 17.1 Å². The molecule has 0 atom stereocenters. The van der Waals surface area contributed by atoms with Crippen LogP contribution in [0, 0.1) is 10.1 Å². The first kappa shape index (κ1) is 17.0. The normalized spacial score (nSPS) is 11.0. The molecule has 1 N–H and O–H groups in total. The summed E-state index contributed by atoms with van der Waals surface area (Å²) in [5, 5.41) is 14.0. The van der Waals surface area contributed by atoms with E-state index in [1.165, 1.54) is 12.1 Å². The van der Waals surface area contributed by atoms with E-state index in [0.29, 0.717) is 18.0 Å². The first-order chi connectivity index (χ1) is 10.8. The Hall–Kier alpha value is -2.32. The van der Waals surface area contributed by atoms with Gasteiger partial charge in [0.2, 0.25) is 0 Å². The van der Waals surface area contributed by atoms with Crippen molar-refractivity contribution in [1.82, 2.24) is 0 Å². The number of nitrogens with one attached hydrogen (secondary N) is 1. The summed E-state index contributed by atoms with van der Waals surface area (Å²) in [6.07, 6.45) is 0. The average Bonchev–Trinajstić information content (AvgIpc) is 2.48. The van der Waals surface area contributed by atoms with Crippen LogP contribution in [0.1, 0.15) is 6.92 Å². The number of anilines is 2. The van der Waals surface area contributed by atoms with Gasteiger partial charge in [-0.1, -0.05) is 0 Å². The molecule has 0 unspecified atom stereocenters. The molecule has 2 rings (SSSR count). The van der Waals surface area contributed by atoms with Crippen LogP contribution in [0.15, 0.2) is 47.4 Å². The van der Waals surface area contributed by atoms with E-state index in [1.807, 2.05) is 6.92 Å². The standard InChI is InChI=1S/C14H13ClN2O5S/c1-2-22-11-5-3-10(4-6-11)16-13-8-7-12(23(15,20)21)9-14(13)17(18)19/h3-9,16H,2H2,1H3. The van der Waals surface area contributed by atoms with Crippen LogP contribution in [0.25, 0.3) is 0 Å². The molecule has 0 aliphatic rings. The zero-order valence-corrected chi connectivity index (χ0v) is 13.6. The number of benzene rings is 2. The largest absolute Gasteiger partial charge is 0.494 e. The molecular weight excluding hydrogens is 344 g/mol. The van der Waals surface area contributed by atoms with Crippen molar-refractivity contribution in [2.24, 2.45) is 0 Å². The van der Waals surface area contributed by atoms with Gasteiger partial charge in [-0.15, -0.1) is 0 Å². The smallest absolute Gasteiger partial charge is 0.294 e. The second-order valence-electron chi connectivity index (χ2n) is 4.46. The number of hydrogen-bond acceptors (Lipinski definition) is 6. The van der Waals surface area contributed by atoms with E-state index in [2.05, 4.69) is 5.32 Å². The van der Waals surface area contributed by atoms with Crippen molar-refractivity contribution in [1.29, 1.82) is 0 Å². The highest BCUT2D eigenvalue weighted by atomic mass is 35.7. The maximum atomic E-state index is 11.3. The van der Waals surface area contributed by atoms with Crippen molar-refractivity contribution in [3.8, 4) is 5.75 Å². The Balaban J connectivity index is 2.33. The summed E-state index contributed by atoms with van der Waals surface area (Å²) in [4.78, 5) is 10.1. The maximum absolute atomic E-state index is 11.3. The Kier molecular flexibility index (Phi) is 5.07. The van der Waals surface area contributed by atoms with Crippen molar-refractivity contribution in [3.05, 3.63) is 52.6 Å². The molecule has 0 heterocycles. The molecule has 122 valence electrons. The highest BCUT2D eigenvalue weighted by Crippen LogP contribution is 2.31. The molecule has 9 heteroatoms. The van der Waals surface area contributed by atoms with Crippen molar-refractivity contribution < 1.29 is 18.1 Å². The number of rotatable bonds is 6. The predicted molar refractivity (Wildman–Crippen MR) is 87.0 cm³/mol. The molecule has 0 spiro atoms. The molecule has 0 amide bonds. The number of nitro groups is 1. The molecule has 2 aromatic carbocycles. The van der Waals surface area contributed by atoms with Crippen LogP contribution >= 0.6 is 10.7 Å². The molecular formula is C14H13ClN2O5S. The third-order valence-electron chi connectivity index (χ3n) is 2.89. The second-order valence-corrected chi connectivity index (χ2v) is 7.02. The highest BCUT2D eigenvalue weighted by molar-refractivity contribution is 8.13. The highest BCUT2D eigenvalue weighted by Gasteiger charge is 2.20. The fourth-order valence-corrected chi connectivity index (χ4v) is 2.65. The molecule has 2 aromatic rings. The molecule has 0 aromatic heterocycles. The van der Waals surface area contributed by atoms with E-state index in [9.17, 15) is 18.5 Å². The SMILES string of the molecule is CCOc1ccc(Nc2ccc(S(=O)(=O)Cl)cc2[N+](=O)[O-])cc1.